The van der Waals surface area contributed by atoms with E-state index in [9.17, 15) is 5.11 Å². The Kier molecular flexibility index (Phi) is 3.91. The summed E-state index contributed by atoms with van der Waals surface area (Å²) < 4.78 is 0. The third-order valence-corrected chi connectivity index (χ3v) is 3.89. The second-order valence-corrected chi connectivity index (χ2v) is 5.52. The van der Waals surface area contributed by atoms with E-state index in [0.29, 0.717) is 5.75 Å². The molecule has 3 heteroatoms. The van der Waals surface area contributed by atoms with E-state index in [4.69, 9.17) is 0 Å². The highest BCUT2D eigenvalue weighted by molar-refractivity contribution is 5.84. The molecule has 1 unspecified atom stereocenters. The van der Waals surface area contributed by atoms with Crippen LogP contribution >= 0.6 is 0 Å². The molecule has 1 heterocycles. The van der Waals surface area contributed by atoms with Gasteiger partial charge in [-0.2, -0.15) is 0 Å². The number of nitrogens with zero attached hydrogens (tertiary/aromatic N) is 1. The minimum Gasteiger partial charge on any atom is -0.508 e. The molecule has 1 aliphatic rings. The Morgan fingerprint density at radius 3 is 2.62 bits per heavy atom. The molecule has 0 saturated heterocycles. The summed E-state index contributed by atoms with van der Waals surface area (Å²) in [5, 5.41) is 13.1. The number of aromatic hydroxyl groups is 1. The molecular weight excluding hydrogens is 260 g/mol. The molecule has 2 N–H and O–H groups in total. The van der Waals surface area contributed by atoms with Gasteiger partial charge in [-0.15, -0.1) is 0 Å². The quantitative estimate of drug-likeness (QED) is 0.903. The minimum atomic E-state index is 0.210. The van der Waals surface area contributed by atoms with Crippen LogP contribution in [0.15, 0.2) is 53.5 Å². The summed E-state index contributed by atoms with van der Waals surface area (Å²) in [6.07, 6.45) is 0.840. The Morgan fingerprint density at radius 1 is 1.14 bits per heavy atom. The molecule has 0 spiro atoms. The van der Waals surface area contributed by atoms with Gasteiger partial charge < -0.3 is 10.4 Å². The summed E-state index contributed by atoms with van der Waals surface area (Å²) in [4.78, 5) is 4.51. The van der Waals surface area contributed by atoms with Crippen LogP contribution in [0.1, 0.15) is 29.0 Å². The van der Waals surface area contributed by atoms with Crippen molar-refractivity contribution in [2.75, 3.05) is 13.1 Å². The second-order valence-electron chi connectivity index (χ2n) is 5.52. The molecule has 1 aliphatic heterocycles. The molecular formula is C18H20N2O. The van der Waals surface area contributed by atoms with E-state index in [0.717, 1.165) is 30.9 Å². The lowest BCUT2D eigenvalue weighted by molar-refractivity contribution is 0.474. The van der Waals surface area contributed by atoms with E-state index < -0.39 is 0 Å². The number of benzene rings is 2. The van der Waals surface area contributed by atoms with Crippen molar-refractivity contribution in [2.24, 2.45) is 4.99 Å². The van der Waals surface area contributed by atoms with Gasteiger partial charge >= 0.3 is 0 Å². The van der Waals surface area contributed by atoms with Gasteiger partial charge in [-0.25, -0.2) is 0 Å². The SMILES string of the molecule is Cc1ccc(C(CC2=NCCN2)c2cccc(O)c2)cc1. The predicted octanol–water partition coefficient (Wildman–Crippen LogP) is 3.22. The van der Waals surface area contributed by atoms with Crippen LogP contribution in [-0.4, -0.2) is 24.0 Å². The Labute approximate surface area is 125 Å². The fourth-order valence-corrected chi connectivity index (χ4v) is 2.75. The predicted molar refractivity (Wildman–Crippen MR) is 86.1 cm³/mol. The number of phenolic OH excluding ortho intramolecular Hbond substituents is 1. The van der Waals surface area contributed by atoms with Gasteiger partial charge in [-0.3, -0.25) is 4.99 Å². The highest BCUT2D eigenvalue weighted by atomic mass is 16.3. The molecule has 2 aromatic carbocycles. The lowest BCUT2D eigenvalue weighted by Crippen LogP contribution is -2.21. The van der Waals surface area contributed by atoms with Crippen LogP contribution in [0.2, 0.25) is 0 Å². The van der Waals surface area contributed by atoms with E-state index >= 15 is 0 Å². The molecule has 2 aromatic rings. The summed E-state index contributed by atoms with van der Waals surface area (Å²) in [6, 6.07) is 16.1. The van der Waals surface area contributed by atoms with E-state index in [1.165, 1.54) is 11.1 Å². The van der Waals surface area contributed by atoms with Gasteiger partial charge in [0.05, 0.1) is 12.4 Å². The van der Waals surface area contributed by atoms with Crippen molar-refractivity contribution < 1.29 is 5.11 Å². The van der Waals surface area contributed by atoms with Crippen LogP contribution in [0, 0.1) is 6.92 Å². The molecule has 0 aliphatic carbocycles. The van der Waals surface area contributed by atoms with E-state index in [2.05, 4.69) is 47.6 Å². The molecule has 0 aromatic heterocycles. The molecule has 21 heavy (non-hydrogen) atoms. The molecule has 0 fully saturated rings. The van der Waals surface area contributed by atoms with Crippen molar-refractivity contribution in [3.05, 3.63) is 65.2 Å². The van der Waals surface area contributed by atoms with Crippen LogP contribution in [0.25, 0.3) is 0 Å². The van der Waals surface area contributed by atoms with Crippen LogP contribution < -0.4 is 5.32 Å². The first-order valence-electron chi connectivity index (χ1n) is 7.35. The third kappa shape index (κ3) is 3.24. The van der Waals surface area contributed by atoms with Crippen molar-refractivity contribution in [1.82, 2.24) is 5.32 Å². The molecule has 0 bridgehead atoms. The zero-order valence-electron chi connectivity index (χ0n) is 12.2. The maximum atomic E-state index is 9.77. The first-order valence-corrected chi connectivity index (χ1v) is 7.35. The summed E-state index contributed by atoms with van der Waals surface area (Å²) in [6.45, 7) is 3.88. The fourth-order valence-electron chi connectivity index (χ4n) is 2.75. The maximum Gasteiger partial charge on any atom is 0.115 e. The molecule has 0 amide bonds. The third-order valence-electron chi connectivity index (χ3n) is 3.89. The van der Waals surface area contributed by atoms with Gasteiger partial charge in [0.1, 0.15) is 5.75 Å². The largest absolute Gasteiger partial charge is 0.508 e. The normalized spacial score (nSPS) is 15.4. The van der Waals surface area contributed by atoms with E-state index in [-0.39, 0.29) is 5.92 Å². The number of rotatable bonds is 4. The molecule has 3 nitrogen and oxygen atoms in total. The van der Waals surface area contributed by atoms with Gasteiger partial charge in [0.25, 0.3) is 0 Å². The number of amidine groups is 1. The van der Waals surface area contributed by atoms with Crippen molar-refractivity contribution in [3.8, 4) is 5.75 Å². The molecule has 1 atom stereocenters. The Balaban J connectivity index is 1.95. The van der Waals surface area contributed by atoms with Crippen molar-refractivity contribution in [3.63, 3.8) is 0 Å². The van der Waals surface area contributed by atoms with E-state index in [1.54, 1.807) is 6.07 Å². The highest BCUT2D eigenvalue weighted by Crippen LogP contribution is 2.30. The summed E-state index contributed by atoms with van der Waals surface area (Å²) in [7, 11) is 0. The average Bonchev–Trinajstić information content (AvgIpc) is 2.99. The number of phenols is 1. The summed E-state index contributed by atoms with van der Waals surface area (Å²) in [5.41, 5.74) is 3.63. The van der Waals surface area contributed by atoms with Crippen molar-refractivity contribution in [2.45, 2.75) is 19.3 Å². The van der Waals surface area contributed by atoms with Crippen molar-refractivity contribution >= 4 is 5.84 Å². The lowest BCUT2D eigenvalue weighted by atomic mass is 9.87. The summed E-state index contributed by atoms with van der Waals surface area (Å²) >= 11 is 0. The standard InChI is InChI=1S/C18H20N2O/c1-13-5-7-14(8-6-13)17(12-18-19-9-10-20-18)15-3-2-4-16(21)11-15/h2-8,11,17,21H,9-10,12H2,1H3,(H,19,20). The average molecular weight is 280 g/mol. The van der Waals surface area contributed by atoms with Gasteiger partial charge in [0.15, 0.2) is 0 Å². The number of aryl methyl sites for hydroxylation is 1. The Bertz CT molecular complexity index is 647. The number of aliphatic imine (C=N–C) groups is 1. The van der Waals surface area contributed by atoms with E-state index in [1.807, 2.05) is 12.1 Å². The van der Waals surface area contributed by atoms with Crippen molar-refractivity contribution in [1.29, 1.82) is 0 Å². The molecule has 108 valence electrons. The van der Waals surface area contributed by atoms with Crippen LogP contribution in [0.5, 0.6) is 5.75 Å². The lowest BCUT2D eigenvalue weighted by Gasteiger charge is -2.19. The topological polar surface area (TPSA) is 44.6 Å². The smallest absolute Gasteiger partial charge is 0.115 e. The number of nitrogens with one attached hydrogen (secondary N) is 1. The first kappa shape index (κ1) is 13.7. The molecule has 0 saturated carbocycles. The molecule has 0 radical (unpaired) electrons. The Morgan fingerprint density at radius 2 is 1.95 bits per heavy atom. The van der Waals surface area contributed by atoms with Gasteiger partial charge in [0, 0.05) is 18.9 Å². The molecule has 3 rings (SSSR count). The second kappa shape index (κ2) is 6.00. The van der Waals surface area contributed by atoms with Gasteiger partial charge in [0.2, 0.25) is 0 Å². The fraction of sp³-hybridized carbons (Fsp3) is 0.278. The van der Waals surface area contributed by atoms with Crippen LogP contribution in [0.3, 0.4) is 0 Å². The monoisotopic (exact) mass is 280 g/mol. The highest BCUT2D eigenvalue weighted by Gasteiger charge is 2.18. The zero-order valence-corrected chi connectivity index (χ0v) is 12.2. The van der Waals surface area contributed by atoms with Crippen LogP contribution in [-0.2, 0) is 0 Å². The maximum absolute atomic E-state index is 9.77. The minimum absolute atomic E-state index is 0.210. The first-order chi connectivity index (χ1) is 10.2. The van der Waals surface area contributed by atoms with Crippen LogP contribution in [0.4, 0.5) is 0 Å². The summed E-state index contributed by atoms with van der Waals surface area (Å²) in [5.74, 6) is 1.58. The number of hydrogen-bond donors (Lipinski definition) is 2. The van der Waals surface area contributed by atoms with Gasteiger partial charge in [-0.05, 0) is 30.2 Å². The van der Waals surface area contributed by atoms with Gasteiger partial charge in [-0.1, -0.05) is 42.0 Å². The zero-order chi connectivity index (χ0) is 14.7. The number of hydrogen-bond acceptors (Lipinski definition) is 3. The Hall–Kier alpha value is -2.29.